The van der Waals surface area contributed by atoms with Crippen molar-refractivity contribution < 1.29 is 4.74 Å². The van der Waals surface area contributed by atoms with E-state index in [0.717, 1.165) is 62.6 Å². The van der Waals surface area contributed by atoms with Crippen LogP contribution in [0, 0.1) is 0 Å². The summed E-state index contributed by atoms with van der Waals surface area (Å²) in [7, 11) is 0. The van der Waals surface area contributed by atoms with Gasteiger partial charge in [0.25, 0.3) is 0 Å². The minimum atomic E-state index is -0.0104. The minimum absolute atomic E-state index is 0.0104. The molecule has 5 rings (SSSR count). The average Bonchev–Trinajstić information content (AvgIpc) is 3.38. The topological polar surface area (TPSA) is 59.3 Å². The van der Waals surface area contributed by atoms with E-state index in [4.69, 9.17) is 16.3 Å². The minimum Gasteiger partial charge on any atom is -0.368 e. The van der Waals surface area contributed by atoms with Gasteiger partial charge >= 0.3 is 0 Å². The molecule has 0 aliphatic carbocycles. The number of fused-ring (bicyclic) bond motifs is 1. The molecule has 0 saturated carbocycles. The second kappa shape index (κ2) is 6.98. The highest BCUT2D eigenvalue weighted by atomic mass is 35.5. The first-order valence-electron chi connectivity index (χ1n) is 9.36. The zero-order valence-electron chi connectivity index (χ0n) is 15.0. The fourth-order valence-electron chi connectivity index (χ4n) is 3.90. The highest BCUT2D eigenvalue weighted by Gasteiger charge is 2.25. The Hall–Kier alpha value is -2.38. The molecule has 2 aliphatic heterocycles. The first kappa shape index (κ1) is 16.8. The van der Waals surface area contributed by atoms with Crippen molar-refractivity contribution in [2.24, 2.45) is 0 Å². The lowest BCUT2D eigenvalue weighted by molar-refractivity contribution is 0.0593. The van der Waals surface area contributed by atoms with Gasteiger partial charge < -0.3 is 14.5 Å². The van der Waals surface area contributed by atoms with E-state index in [2.05, 4.69) is 49.0 Å². The van der Waals surface area contributed by atoms with Crippen LogP contribution in [-0.2, 0) is 4.74 Å². The lowest BCUT2D eigenvalue weighted by Gasteiger charge is -2.36. The fraction of sp³-hybridized carbons (Fsp3) is 0.421. The predicted molar refractivity (Wildman–Crippen MR) is 105 cm³/mol. The van der Waals surface area contributed by atoms with Gasteiger partial charge in [0.2, 0.25) is 5.28 Å². The van der Waals surface area contributed by atoms with Crippen molar-refractivity contribution in [2.75, 3.05) is 42.6 Å². The zero-order valence-corrected chi connectivity index (χ0v) is 15.7. The lowest BCUT2D eigenvalue weighted by atomic mass is 10.2. The molecule has 0 amide bonds. The standard InChI is InChI=1S/C19H21ClN6O/c20-19-22-17(16-18(23-19)26(13-21-16)15-7-4-12-27-15)25-10-8-24(9-11-25)14-5-2-1-3-6-14/h1-3,5-6,13,15H,4,7-12H2/t15-/m1/s1. The summed E-state index contributed by atoms with van der Waals surface area (Å²) in [6.07, 6.45) is 3.81. The van der Waals surface area contributed by atoms with Crippen LogP contribution in [0.2, 0.25) is 5.28 Å². The number of piperazine rings is 1. The third-order valence-electron chi connectivity index (χ3n) is 5.29. The van der Waals surface area contributed by atoms with Crippen molar-refractivity contribution in [1.82, 2.24) is 19.5 Å². The molecule has 8 heteroatoms. The van der Waals surface area contributed by atoms with Gasteiger partial charge in [-0.2, -0.15) is 9.97 Å². The van der Waals surface area contributed by atoms with Crippen molar-refractivity contribution in [3.05, 3.63) is 41.9 Å². The van der Waals surface area contributed by atoms with Crippen molar-refractivity contribution in [3.63, 3.8) is 0 Å². The number of aromatic nitrogens is 4. The van der Waals surface area contributed by atoms with Crippen molar-refractivity contribution >= 4 is 34.3 Å². The van der Waals surface area contributed by atoms with Gasteiger partial charge in [0.15, 0.2) is 17.0 Å². The third kappa shape index (κ3) is 3.11. The summed E-state index contributed by atoms with van der Waals surface area (Å²) in [5, 5.41) is 0.253. The van der Waals surface area contributed by atoms with Gasteiger partial charge in [-0.25, -0.2) is 4.98 Å². The Bertz CT molecular complexity index is 932. The van der Waals surface area contributed by atoms with E-state index < -0.39 is 0 Å². The number of hydrogen-bond acceptors (Lipinski definition) is 6. The number of ether oxygens (including phenoxy) is 1. The molecular formula is C19H21ClN6O. The van der Waals surface area contributed by atoms with E-state index in [0.29, 0.717) is 0 Å². The maximum atomic E-state index is 6.26. The first-order valence-corrected chi connectivity index (χ1v) is 9.74. The molecule has 2 aliphatic rings. The second-order valence-electron chi connectivity index (χ2n) is 6.92. The van der Waals surface area contributed by atoms with Crippen LogP contribution in [0.3, 0.4) is 0 Å². The summed E-state index contributed by atoms with van der Waals surface area (Å²) in [5.74, 6) is 0.814. The van der Waals surface area contributed by atoms with E-state index in [1.807, 2.05) is 10.6 Å². The Kier molecular flexibility index (Phi) is 4.33. The summed E-state index contributed by atoms with van der Waals surface area (Å²) in [6.45, 7) is 4.37. The Balaban J connectivity index is 1.42. The Morgan fingerprint density at radius 1 is 1.00 bits per heavy atom. The summed E-state index contributed by atoms with van der Waals surface area (Å²) >= 11 is 6.26. The number of anilines is 2. The van der Waals surface area contributed by atoms with Crippen LogP contribution in [-0.4, -0.2) is 52.3 Å². The van der Waals surface area contributed by atoms with Crippen molar-refractivity contribution in [1.29, 1.82) is 0 Å². The molecule has 2 fully saturated rings. The normalized spacial score (nSPS) is 20.6. The van der Waals surface area contributed by atoms with Gasteiger partial charge in [0.1, 0.15) is 6.23 Å². The van der Waals surface area contributed by atoms with Crippen LogP contribution in [0.1, 0.15) is 19.1 Å². The Morgan fingerprint density at radius 3 is 2.52 bits per heavy atom. The van der Waals surface area contributed by atoms with Crippen LogP contribution in [0.4, 0.5) is 11.5 Å². The molecule has 0 N–H and O–H groups in total. The summed E-state index contributed by atoms with van der Waals surface area (Å²) in [5.41, 5.74) is 2.80. The van der Waals surface area contributed by atoms with E-state index in [9.17, 15) is 0 Å². The lowest BCUT2D eigenvalue weighted by Crippen LogP contribution is -2.47. The maximum absolute atomic E-state index is 6.26. The number of rotatable bonds is 3. The highest BCUT2D eigenvalue weighted by molar-refractivity contribution is 6.28. The smallest absolute Gasteiger partial charge is 0.226 e. The van der Waals surface area contributed by atoms with Crippen LogP contribution >= 0.6 is 11.6 Å². The molecule has 0 unspecified atom stereocenters. The largest absolute Gasteiger partial charge is 0.368 e. The molecule has 0 bridgehead atoms. The van der Waals surface area contributed by atoms with E-state index in [-0.39, 0.29) is 11.5 Å². The van der Waals surface area contributed by atoms with Crippen molar-refractivity contribution in [2.45, 2.75) is 19.1 Å². The molecule has 3 aromatic rings. The number of nitrogens with zero attached hydrogens (tertiary/aromatic N) is 6. The molecule has 2 saturated heterocycles. The summed E-state index contributed by atoms with van der Waals surface area (Å²) in [4.78, 5) is 18.2. The zero-order chi connectivity index (χ0) is 18.2. The Morgan fingerprint density at radius 2 is 1.78 bits per heavy atom. The van der Waals surface area contributed by atoms with E-state index >= 15 is 0 Å². The van der Waals surface area contributed by atoms with Gasteiger partial charge in [0.05, 0.1) is 6.33 Å². The molecule has 7 nitrogen and oxygen atoms in total. The number of halogens is 1. The van der Waals surface area contributed by atoms with Gasteiger partial charge in [-0.15, -0.1) is 0 Å². The summed E-state index contributed by atoms with van der Waals surface area (Å²) < 4.78 is 7.78. The van der Waals surface area contributed by atoms with Gasteiger partial charge in [0, 0.05) is 38.5 Å². The van der Waals surface area contributed by atoms with E-state index in [1.54, 1.807) is 6.33 Å². The van der Waals surface area contributed by atoms with Gasteiger partial charge in [-0.05, 0) is 36.6 Å². The molecule has 1 atom stereocenters. The molecule has 140 valence electrons. The number of para-hydroxylation sites is 1. The van der Waals surface area contributed by atoms with Crippen LogP contribution in [0.15, 0.2) is 36.7 Å². The third-order valence-corrected chi connectivity index (χ3v) is 5.46. The molecule has 1 aromatic carbocycles. The SMILES string of the molecule is Clc1nc(N2CCN(c3ccccc3)CC2)c2ncn([C@H]3CCCO3)c2n1. The molecular weight excluding hydrogens is 364 g/mol. The molecule has 0 spiro atoms. The van der Waals surface area contributed by atoms with Crippen LogP contribution in [0.25, 0.3) is 11.2 Å². The van der Waals surface area contributed by atoms with Gasteiger partial charge in [-0.1, -0.05) is 18.2 Å². The van der Waals surface area contributed by atoms with E-state index in [1.165, 1.54) is 5.69 Å². The number of benzene rings is 1. The fourth-order valence-corrected chi connectivity index (χ4v) is 4.06. The molecule has 27 heavy (non-hydrogen) atoms. The number of hydrogen-bond donors (Lipinski definition) is 0. The second-order valence-corrected chi connectivity index (χ2v) is 7.26. The van der Waals surface area contributed by atoms with Crippen LogP contribution in [0.5, 0.6) is 0 Å². The molecule has 0 radical (unpaired) electrons. The molecule has 4 heterocycles. The number of imidazole rings is 1. The highest BCUT2D eigenvalue weighted by Crippen LogP contribution is 2.31. The van der Waals surface area contributed by atoms with Crippen molar-refractivity contribution in [3.8, 4) is 0 Å². The summed E-state index contributed by atoms with van der Waals surface area (Å²) in [6, 6.07) is 10.5. The average molecular weight is 385 g/mol. The first-order chi connectivity index (χ1) is 13.3. The quantitative estimate of drug-likeness (QED) is 0.647. The monoisotopic (exact) mass is 384 g/mol. The Labute approximate surface area is 162 Å². The molecule has 2 aromatic heterocycles. The predicted octanol–water partition coefficient (Wildman–Crippen LogP) is 3.12. The van der Waals surface area contributed by atoms with Crippen LogP contribution < -0.4 is 9.80 Å². The van der Waals surface area contributed by atoms with Gasteiger partial charge in [-0.3, -0.25) is 4.57 Å². The maximum Gasteiger partial charge on any atom is 0.226 e.